The second-order valence-electron chi connectivity index (χ2n) is 5.07. The number of furan rings is 1. The summed E-state index contributed by atoms with van der Waals surface area (Å²) in [4.78, 5) is 0. The van der Waals surface area contributed by atoms with Gasteiger partial charge < -0.3 is 14.3 Å². The largest absolute Gasteiger partial charge is 0.494 e. The Morgan fingerprint density at radius 3 is 2.25 bits per heavy atom. The van der Waals surface area contributed by atoms with Crippen molar-refractivity contribution in [2.75, 3.05) is 6.61 Å². The molecule has 1 aromatic heterocycles. The summed E-state index contributed by atoms with van der Waals surface area (Å²) in [6.45, 7) is 8.56. The van der Waals surface area contributed by atoms with E-state index in [1.165, 1.54) is 0 Å². The molecule has 2 aromatic rings. The molecule has 1 N–H and O–H groups in total. The number of aliphatic hydroxyl groups excluding tert-OH is 1. The van der Waals surface area contributed by atoms with Crippen molar-refractivity contribution < 1.29 is 14.3 Å². The van der Waals surface area contributed by atoms with Crippen LogP contribution in [0.25, 0.3) is 0 Å². The molecule has 1 heterocycles. The lowest BCUT2D eigenvalue weighted by atomic mass is 9.98. The maximum absolute atomic E-state index is 10.5. The van der Waals surface area contributed by atoms with Crippen molar-refractivity contribution in [2.24, 2.45) is 0 Å². The highest BCUT2D eigenvalue weighted by Crippen LogP contribution is 2.31. The molecule has 20 heavy (non-hydrogen) atoms. The lowest BCUT2D eigenvalue weighted by molar-refractivity contribution is 0.217. The molecule has 3 heteroatoms. The van der Waals surface area contributed by atoms with Crippen LogP contribution in [-0.4, -0.2) is 11.7 Å². The molecular formula is C17H22O3. The van der Waals surface area contributed by atoms with E-state index in [1.807, 2.05) is 45.0 Å². The van der Waals surface area contributed by atoms with Gasteiger partial charge in [0.2, 0.25) is 0 Å². The van der Waals surface area contributed by atoms with Crippen LogP contribution in [0.4, 0.5) is 0 Å². The maximum atomic E-state index is 10.5. The number of aliphatic hydroxyl groups is 1. The smallest absolute Gasteiger partial charge is 0.119 e. The molecule has 1 aromatic carbocycles. The molecule has 0 saturated heterocycles. The van der Waals surface area contributed by atoms with Crippen molar-refractivity contribution in [3.8, 4) is 5.75 Å². The average molecular weight is 274 g/mol. The lowest BCUT2D eigenvalue weighted by Gasteiger charge is -2.13. The predicted octanol–water partition coefficient (Wildman–Crippen LogP) is 4.08. The van der Waals surface area contributed by atoms with E-state index >= 15 is 0 Å². The molecule has 0 aliphatic rings. The zero-order valence-corrected chi connectivity index (χ0v) is 12.6. The van der Waals surface area contributed by atoms with E-state index in [1.54, 1.807) is 0 Å². The Morgan fingerprint density at radius 1 is 1.10 bits per heavy atom. The van der Waals surface area contributed by atoms with Crippen LogP contribution < -0.4 is 4.74 Å². The molecule has 0 bridgehead atoms. The Morgan fingerprint density at radius 2 is 1.75 bits per heavy atom. The zero-order chi connectivity index (χ0) is 14.7. The molecule has 108 valence electrons. The number of rotatable bonds is 5. The molecule has 0 amide bonds. The van der Waals surface area contributed by atoms with Crippen LogP contribution in [0.1, 0.15) is 47.7 Å². The summed E-state index contributed by atoms with van der Waals surface area (Å²) >= 11 is 0. The normalized spacial score (nSPS) is 12.4. The Kier molecular flexibility index (Phi) is 4.50. The fraction of sp³-hybridized carbons (Fsp3) is 0.412. The fourth-order valence-corrected chi connectivity index (χ4v) is 2.35. The highest BCUT2D eigenvalue weighted by molar-refractivity contribution is 5.40. The van der Waals surface area contributed by atoms with Crippen molar-refractivity contribution in [2.45, 2.75) is 40.2 Å². The number of benzene rings is 1. The third kappa shape index (κ3) is 2.88. The zero-order valence-electron chi connectivity index (χ0n) is 12.6. The van der Waals surface area contributed by atoms with Crippen LogP contribution in [0.2, 0.25) is 0 Å². The van der Waals surface area contributed by atoms with Crippen LogP contribution in [0.15, 0.2) is 28.7 Å². The van der Waals surface area contributed by atoms with Crippen LogP contribution in [0.5, 0.6) is 5.75 Å². The summed E-state index contributed by atoms with van der Waals surface area (Å²) in [5.41, 5.74) is 2.73. The van der Waals surface area contributed by atoms with Crippen LogP contribution in [0.3, 0.4) is 0 Å². The number of hydrogen-bond donors (Lipinski definition) is 1. The minimum atomic E-state index is -0.660. The molecular weight excluding hydrogens is 252 g/mol. The van der Waals surface area contributed by atoms with E-state index in [-0.39, 0.29) is 0 Å². The van der Waals surface area contributed by atoms with Gasteiger partial charge in [0.25, 0.3) is 0 Å². The first-order valence-corrected chi connectivity index (χ1v) is 7.02. The van der Waals surface area contributed by atoms with Crippen molar-refractivity contribution >= 4 is 0 Å². The number of hydrogen-bond acceptors (Lipinski definition) is 3. The van der Waals surface area contributed by atoms with E-state index < -0.39 is 6.10 Å². The van der Waals surface area contributed by atoms with Crippen molar-refractivity contribution in [3.63, 3.8) is 0 Å². The van der Waals surface area contributed by atoms with Crippen molar-refractivity contribution in [1.29, 1.82) is 0 Å². The number of aryl methyl sites for hydroxylation is 2. The summed E-state index contributed by atoms with van der Waals surface area (Å²) in [6, 6.07) is 7.59. The Bertz CT molecular complexity index is 567. The quantitative estimate of drug-likeness (QED) is 0.893. The molecule has 0 aliphatic carbocycles. The SMILES string of the molecule is CCCOc1ccc(C(O)c2c(C)oc(C)c2C)cc1. The van der Waals surface area contributed by atoms with E-state index in [0.717, 1.165) is 40.4 Å². The van der Waals surface area contributed by atoms with Gasteiger partial charge in [0.05, 0.1) is 6.61 Å². The van der Waals surface area contributed by atoms with Gasteiger partial charge in [-0.2, -0.15) is 0 Å². The molecule has 1 unspecified atom stereocenters. The third-order valence-corrected chi connectivity index (χ3v) is 3.56. The van der Waals surface area contributed by atoms with Gasteiger partial charge in [0.15, 0.2) is 0 Å². The monoisotopic (exact) mass is 274 g/mol. The Labute approximate surface area is 120 Å². The molecule has 0 spiro atoms. The highest BCUT2D eigenvalue weighted by atomic mass is 16.5. The molecule has 3 nitrogen and oxygen atoms in total. The van der Waals surface area contributed by atoms with Gasteiger partial charge in [-0.15, -0.1) is 0 Å². The summed E-state index contributed by atoms with van der Waals surface area (Å²) in [7, 11) is 0. The maximum Gasteiger partial charge on any atom is 0.119 e. The fourth-order valence-electron chi connectivity index (χ4n) is 2.35. The average Bonchev–Trinajstić information content (AvgIpc) is 2.70. The first-order valence-electron chi connectivity index (χ1n) is 7.02. The predicted molar refractivity (Wildman–Crippen MR) is 79.2 cm³/mol. The summed E-state index contributed by atoms with van der Waals surface area (Å²) in [6.07, 6.45) is 0.324. The second kappa shape index (κ2) is 6.14. The topological polar surface area (TPSA) is 42.6 Å². The molecule has 0 aliphatic heterocycles. The first kappa shape index (κ1) is 14.7. The standard InChI is InChI=1S/C17H22O3/c1-5-10-19-15-8-6-14(7-9-15)17(18)16-11(2)12(3)20-13(16)4/h6-9,17-18H,5,10H2,1-4H3. The van der Waals surface area contributed by atoms with Gasteiger partial charge in [-0.05, 0) is 50.5 Å². The summed E-state index contributed by atoms with van der Waals surface area (Å²) < 4.78 is 11.1. The molecule has 0 saturated carbocycles. The van der Waals surface area contributed by atoms with E-state index in [9.17, 15) is 5.11 Å². The van der Waals surface area contributed by atoms with Gasteiger partial charge in [-0.25, -0.2) is 0 Å². The van der Waals surface area contributed by atoms with Gasteiger partial charge in [0.1, 0.15) is 23.4 Å². The van der Waals surface area contributed by atoms with E-state index in [4.69, 9.17) is 9.15 Å². The van der Waals surface area contributed by atoms with Crippen LogP contribution in [-0.2, 0) is 0 Å². The molecule has 2 rings (SSSR count). The van der Waals surface area contributed by atoms with Crippen LogP contribution in [0, 0.1) is 20.8 Å². The molecule has 1 atom stereocenters. The Hall–Kier alpha value is -1.74. The van der Waals surface area contributed by atoms with Crippen molar-refractivity contribution in [1.82, 2.24) is 0 Å². The summed E-state index contributed by atoms with van der Waals surface area (Å²) in [5, 5.41) is 10.5. The Balaban J connectivity index is 2.22. The van der Waals surface area contributed by atoms with Gasteiger partial charge >= 0.3 is 0 Å². The van der Waals surface area contributed by atoms with Crippen molar-refractivity contribution in [3.05, 3.63) is 52.5 Å². The van der Waals surface area contributed by atoms with E-state index in [2.05, 4.69) is 6.92 Å². The summed E-state index contributed by atoms with van der Waals surface area (Å²) in [5.74, 6) is 2.47. The minimum Gasteiger partial charge on any atom is -0.494 e. The molecule has 0 fully saturated rings. The van der Waals surface area contributed by atoms with Gasteiger partial charge in [0, 0.05) is 5.56 Å². The van der Waals surface area contributed by atoms with Gasteiger partial charge in [-0.1, -0.05) is 19.1 Å². The van der Waals surface area contributed by atoms with Gasteiger partial charge in [-0.3, -0.25) is 0 Å². The van der Waals surface area contributed by atoms with Crippen LogP contribution >= 0.6 is 0 Å². The molecule has 0 radical (unpaired) electrons. The number of ether oxygens (including phenoxy) is 1. The highest BCUT2D eigenvalue weighted by Gasteiger charge is 2.20. The minimum absolute atomic E-state index is 0.660. The third-order valence-electron chi connectivity index (χ3n) is 3.56. The lowest BCUT2D eigenvalue weighted by Crippen LogP contribution is -2.02. The first-order chi connectivity index (χ1) is 9.54. The van der Waals surface area contributed by atoms with E-state index in [0.29, 0.717) is 6.61 Å². The second-order valence-corrected chi connectivity index (χ2v) is 5.07.